The number of benzene rings is 1. The van der Waals surface area contributed by atoms with Crippen LogP contribution in [0.2, 0.25) is 0 Å². The van der Waals surface area contributed by atoms with E-state index >= 15 is 0 Å². The Labute approximate surface area is 191 Å². The van der Waals surface area contributed by atoms with Crippen LogP contribution in [0.5, 0.6) is 0 Å². The average molecular weight is 455 g/mol. The van der Waals surface area contributed by atoms with Gasteiger partial charge in [-0.25, -0.2) is 4.79 Å². The summed E-state index contributed by atoms with van der Waals surface area (Å²) >= 11 is 0. The van der Waals surface area contributed by atoms with E-state index in [0.717, 1.165) is 22.5 Å². The van der Waals surface area contributed by atoms with Gasteiger partial charge in [0.05, 0.1) is 18.8 Å². The molecule has 3 aromatic rings. The van der Waals surface area contributed by atoms with Crippen molar-refractivity contribution in [1.29, 1.82) is 0 Å². The minimum atomic E-state index is -0.708. The number of nitrogens with one attached hydrogen (secondary N) is 1. The van der Waals surface area contributed by atoms with Crippen LogP contribution in [0.25, 0.3) is 0 Å². The molecule has 0 aliphatic heterocycles. The quantitative estimate of drug-likeness (QED) is 0.499. The molecular weight excluding hydrogens is 424 g/mol. The van der Waals surface area contributed by atoms with Gasteiger partial charge in [-0.05, 0) is 31.4 Å². The van der Waals surface area contributed by atoms with E-state index in [-0.39, 0.29) is 43.5 Å². The highest BCUT2D eigenvalue weighted by Gasteiger charge is 2.24. The number of methoxy groups -OCH3 is 1. The highest BCUT2D eigenvalue weighted by molar-refractivity contribution is 5.95. The molecule has 3 N–H and O–H groups in total. The van der Waals surface area contributed by atoms with Crippen molar-refractivity contribution in [3.05, 3.63) is 73.7 Å². The van der Waals surface area contributed by atoms with Crippen molar-refractivity contribution in [2.45, 2.75) is 33.2 Å². The smallest absolute Gasteiger partial charge is 0.330 e. The van der Waals surface area contributed by atoms with E-state index in [9.17, 15) is 14.4 Å². The van der Waals surface area contributed by atoms with Gasteiger partial charge in [-0.2, -0.15) is 5.10 Å². The zero-order valence-corrected chi connectivity index (χ0v) is 19.4. The molecule has 0 spiro atoms. The Morgan fingerprint density at radius 2 is 1.91 bits per heavy atom. The highest BCUT2D eigenvalue weighted by atomic mass is 16.5. The molecule has 3 rings (SSSR count). The van der Waals surface area contributed by atoms with Crippen LogP contribution in [0.4, 0.5) is 11.5 Å². The van der Waals surface area contributed by atoms with Crippen LogP contribution in [0.1, 0.15) is 28.9 Å². The Morgan fingerprint density at radius 3 is 2.52 bits per heavy atom. The first-order chi connectivity index (χ1) is 15.7. The van der Waals surface area contributed by atoms with Crippen LogP contribution in [0.15, 0.2) is 39.9 Å². The summed E-state index contributed by atoms with van der Waals surface area (Å²) < 4.78 is 8.19. The summed E-state index contributed by atoms with van der Waals surface area (Å²) in [5, 5.41) is 4.39. The predicted octanol–water partition coefficient (Wildman–Crippen LogP) is 1.13. The van der Waals surface area contributed by atoms with Crippen LogP contribution >= 0.6 is 0 Å². The lowest BCUT2D eigenvalue weighted by atomic mass is 10.1. The first-order valence-corrected chi connectivity index (χ1v) is 10.7. The molecule has 0 aliphatic carbocycles. The Bertz CT molecular complexity index is 1240. The monoisotopic (exact) mass is 454 g/mol. The number of rotatable bonds is 9. The van der Waals surface area contributed by atoms with E-state index in [2.05, 4.69) is 10.1 Å². The number of nitrogen functional groups attached to an aromatic ring is 1. The second-order valence-corrected chi connectivity index (χ2v) is 7.88. The summed E-state index contributed by atoms with van der Waals surface area (Å²) in [5.41, 5.74) is 8.58. The number of amides is 1. The van der Waals surface area contributed by atoms with Gasteiger partial charge in [-0.3, -0.25) is 23.8 Å². The number of aromatic amines is 1. The number of H-pyrrole nitrogens is 1. The van der Waals surface area contributed by atoms with Gasteiger partial charge < -0.3 is 15.4 Å². The fourth-order valence-corrected chi connectivity index (χ4v) is 3.85. The summed E-state index contributed by atoms with van der Waals surface area (Å²) in [4.78, 5) is 42.1. The number of hydrogen-bond donors (Lipinski definition) is 2. The summed E-state index contributed by atoms with van der Waals surface area (Å²) in [6, 6.07) is 9.26. The van der Waals surface area contributed by atoms with Crippen LogP contribution in [0.3, 0.4) is 0 Å². The molecule has 10 heteroatoms. The first-order valence-electron chi connectivity index (χ1n) is 10.7. The molecule has 10 nitrogen and oxygen atoms in total. The minimum Gasteiger partial charge on any atom is -0.383 e. The van der Waals surface area contributed by atoms with Gasteiger partial charge in [0, 0.05) is 32.8 Å². The second-order valence-electron chi connectivity index (χ2n) is 7.88. The number of aromatic nitrogens is 4. The highest BCUT2D eigenvalue weighted by Crippen LogP contribution is 2.20. The first kappa shape index (κ1) is 24.0. The number of aryl methyl sites for hydroxylation is 2. The van der Waals surface area contributed by atoms with Crippen molar-refractivity contribution in [2.24, 2.45) is 7.05 Å². The van der Waals surface area contributed by atoms with Gasteiger partial charge in [-0.15, -0.1) is 0 Å². The maximum atomic E-state index is 13.3. The average Bonchev–Trinajstić information content (AvgIpc) is 3.03. The number of carbonyl (C=O) groups excluding carboxylic acids is 1. The number of nitrogens with two attached hydrogens (primary N) is 1. The molecule has 1 amide bonds. The molecule has 0 atom stereocenters. The third kappa shape index (κ3) is 5.23. The van der Waals surface area contributed by atoms with Crippen molar-refractivity contribution < 1.29 is 9.53 Å². The number of nitrogens with zero attached hydrogens (tertiary/aromatic N) is 4. The standard InChI is InChI=1S/C23H30N6O4/c1-15-18(16(2)27(3)26-15)10-11-19(30)28(12-13-33-4)20-21(24)29(23(32)25-22(20)31)14-17-8-6-5-7-9-17/h5-9H,10-14,24H2,1-4H3,(H,25,31,32). The Kier molecular flexibility index (Phi) is 7.49. The third-order valence-electron chi connectivity index (χ3n) is 5.74. The zero-order chi connectivity index (χ0) is 24.1. The van der Waals surface area contributed by atoms with Crippen LogP contribution in [0, 0.1) is 13.8 Å². The molecule has 1 aromatic carbocycles. The Hall–Kier alpha value is -3.66. The number of hydrogen-bond acceptors (Lipinski definition) is 6. The molecule has 2 aromatic heterocycles. The number of anilines is 2. The molecule has 33 heavy (non-hydrogen) atoms. The van der Waals surface area contributed by atoms with E-state index in [1.54, 1.807) is 4.68 Å². The molecule has 0 saturated heterocycles. The summed E-state index contributed by atoms with van der Waals surface area (Å²) in [6.07, 6.45) is 0.614. The van der Waals surface area contributed by atoms with Gasteiger partial charge in [0.2, 0.25) is 5.91 Å². The molecule has 0 saturated carbocycles. The van der Waals surface area contributed by atoms with E-state index < -0.39 is 11.2 Å². The largest absolute Gasteiger partial charge is 0.383 e. The number of carbonyl (C=O) groups is 1. The lowest BCUT2D eigenvalue weighted by Crippen LogP contribution is -2.42. The van der Waals surface area contributed by atoms with Gasteiger partial charge in [0.1, 0.15) is 5.82 Å². The number of ether oxygens (including phenoxy) is 1. The maximum Gasteiger partial charge on any atom is 0.330 e. The topological polar surface area (TPSA) is 128 Å². The summed E-state index contributed by atoms with van der Waals surface area (Å²) in [5.74, 6) is -0.359. The van der Waals surface area contributed by atoms with E-state index in [1.165, 1.54) is 16.6 Å². The molecule has 0 fully saturated rings. The van der Waals surface area contributed by atoms with Crippen molar-refractivity contribution in [3.63, 3.8) is 0 Å². The zero-order valence-electron chi connectivity index (χ0n) is 19.4. The van der Waals surface area contributed by atoms with Gasteiger partial charge in [0.15, 0.2) is 5.69 Å². The van der Waals surface area contributed by atoms with Crippen LogP contribution < -0.4 is 21.9 Å². The molecular formula is C23H30N6O4. The van der Waals surface area contributed by atoms with Crippen LogP contribution in [-0.4, -0.2) is 45.5 Å². The normalized spacial score (nSPS) is 11.0. The van der Waals surface area contributed by atoms with E-state index in [4.69, 9.17) is 10.5 Å². The van der Waals surface area contributed by atoms with E-state index in [1.807, 2.05) is 51.2 Å². The van der Waals surface area contributed by atoms with Crippen molar-refractivity contribution in [2.75, 3.05) is 30.9 Å². The van der Waals surface area contributed by atoms with Crippen LogP contribution in [-0.2, 0) is 29.5 Å². The fraction of sp³-hybridized carbons (Fsp3) is 0.391. The molecule has 2 heterocycles. The fourth-order valence-electron chi connectivity index (χ4n) is 3.85. The lowest BCUT2D eigenvalue weighted by Gasteiger charge is -2.24. The molecule has 176 valence electrons. The summed E-state index contributed by atoms with van der Waals surface area (Å²) in [7, 11) is 3.36. The molecule has 0 bridgehead atoms. The lowest BCUT2D eigenvalue weighted by molar-refractivity contribution is -0.118. The van der Waals surface area contributed by atoms with E-state index in [0.29, 0.717) is 6.42 Å². The minimum absolute atomic E-state index is 0.0489. The van der Waals surface area contributed by atoms with Gasteiger partial charge >= 0.3 is 5.69 Å². The van der Waals surface area contributed by atoms with Crippen molar-refractivity contribution in [1.82, 2.24) is 19.3 Å². The predicted molar refractivity (Wildman–Crippen MR) is 127 cm³/mol. The summed E-state index contributed by atoms with van der Waals surface area (Å²) in [6.45, 7) is 4.34. The Balaban J connectivity index is 1.95. The SMILES string of the molecule is COCCN(C(=O)CCc1c(C)nn(C)c1C)c1c(N)n(Cc2ccccc2)c(=O)[nH]c1=O. The van der Waals surface area contributed by atoms with Crippen molar-refractivity contribution >= 4 is 17.4 Å². The molecule has 0 aliphatic rings. The van der Waals surface area contributed by atoms with Gasteiger partial charge in [0.25, 0.3) is 5.56 Å². The molecule has 0 radical (unpaired) electrons. The van der Waals surface area contributed by atoms with Gasteiger partial charge in [-0.1, -0.05) is 30.3 Å². The second kappa shape index (κ2) is 10.3. The van der Waals surface area contributed by atoms with Crippen molar-refractivity contribution in [3.8, 4) is 0 Å². The maximum absolute atomic E-state index is 13.3. The third-order valence-corrected chi connectivity index (χ3v) is 5.74. The Morgan fingerprint density at radius 1 is 1.21 bits per heavy atom. The molecule has 0 unspecified atom stereocenters.